The Labute approximate surface area is 143 Å². The predicted molar refractivity (Wildman–Crippen MR) is 84.3 cm³/mol. The lowest BCUT2D eigenvalue weighted by Crippen LogP contribution is -2.09. The molecule has 25 heavy (non-hydrogen) atoms. The van der Waals surface area contributed by atoms with E-state index < -0.39 is 6.10 Å². The SMILES string of the molecule is Fc1cccc(C2=NOC(c3nc(COCC4CCOC4)no3)C2)c1. The molecule has 2 aliphatic rings. The minimum atomic E-state index is -0.456. The monoisotopic (exact) mass is 347 g/mol. The molecular formula is C17H18FN3O4. The van der Waals surface area contributed by atoms with Crippen molar-refractivity contribution < 1.29 is 23.2 Å². The summed E-state index contributed by atoms with van der Waals surface area (Å²) in [5.41, 5.74) is 1.34. The Balaban J connectivity index is 1.30. The van der Waals surface area contributed by atoms with Crippen molar-refractivity contribution in [2.24, 2.45) is 11.1 Å². The zero-order valence-corrected chi connectivity index (χ0v) is 13.6. The average molecular weight is 347 g/mol. The van der Waals surface area contributed by atoms with Crippen LogP contribution in [0.4, 0.5) is 4.39 Å². The van der Waals surface area contributed by atoms with Crippen molar-refractivity contribution in [2.75, 3.05) is 19.8 Å². The van der Waals surface area contributed by atoms with E-state index in [1.807, 2.05) is 0 Å². The van der Waals surface area contributed by atoms with Gasteiger partial charge in [-0.2, -0.15) is 4.98 Å². The molecule has 2 aromatic rings. The van der Waals surface area contributed by atoms with Crippen LogP contribution in [0.15, 0.2) is 33.9 Å². The second-order valence-corrected chi connectivity index (χ2v) is 6.14. The lowest BCUT2D eigenvalue weighted by molar-refractivity contribution is 0.0598. The molecule has 1 saturated heterocycles. The summed E-state index contributed by atoms with van der Waals surface area (Å²) in [7, 11) is 0. The number of nitrogens with zero attached hydrogens (tertiary/aromatic N) is 3. The summed E-state index contributed by atoms with van der Waals surface area (Å²) in [5, 5.41) is 7.91. The molecule has 2 unspecified atom stereocenters. The van der Waals surface area contributed by atoms with Crippen molar-refractivity contribution in [1.82, 2.24) is 10.1 Å². The van der Waals surface area contributed by atoms with Crippen molar-refractivity contribution in [2.45, 2.75) is 25.6 Å². The third-order valence-corrected chi connectivity index (χ3v) is 4.19. The minimum Gasteiger partial charge on any atom is -0.382 e. The van der Waals surface area contributed by atoms with Crippen LogP contribution in [0.25, 0.3) is 0 Å². The Morgan fingerprint density at radius 1 is 1.32 bits per heavy atom. The third-order valence-electron chi connectivity index (χ3n) is 4.19. The van der Waals surface area contributed by atoms with Crippen LogP contribution < -0.4 is 0 Å². The Bertz CT molecular complexity index is 758. The van der Waals surface area contributed by atoms with Gasteiger partial charge in [0.1, 0.15) is 12.4 Å². The van der Waals surface area contributed by atoms with Gasteiger partial charge in [-0.15, -0.1) is 0 Å². The van der Waals surface area contributed by atoms with Gasteiger partial charge in [0.2, 0.25) is 6.10 Å². The molecule has 1 aromatic carbocycles. The van der Waals surface area contributed by atoms with E-state index in [4.69, 9.17) is 18.8 Å². The molecule has 0 N–H and O–H groups in total. The topological polar surface area (TPSA) is 79.0 Å². The number of hydrogen-bond acceptors (Lipinski definition) is 7. The van der Waals surface area contributed by atoms with Crippen molar-refractivity contribution in [3.8, 4) is 0 Å². The number of rotatable bonds is 6. The molecule has 0 aliphatic carbocycles. The van der Waals surface area contributed by atoms with E-state index in [-0.39, 0.29) is 12.4 Å². The third kappa shape index (κ3) is 3.85. The highest BCUT2D eigenvalue weighted by molar-refractivity contribution is 6.01. The summed E-state index contributed by atoms with van der Waals surface area (Å²) in [5.74, 6) is 0.940. The largest absolute Gasteiger partial charge is 0.382 e. The van der Waals surface area contributed by atoms with Gasteiger partial charge in [0.15, 0.2) is 5.82 Å². The standard InChI is InChI=1S/C17H18FN3O4/c18-13-3-1-2-12(6-13)14-7-15(24-20-14)17-19-16(21-25-17)10-23-9-11-4-5-22-8-11/h1-3,6,11,15H,4-5,7-10H2. The van der Waals surface area contributed by atoms with Gasteiger partial charge in [-0.05, 0) is 18.6 Å². The van der Waals surface area contributed by atoms with E-state index in [2.05, 4.69) is 15.3 Å². The van der Waals surface area contributed by atoms with Crippen LogP contribution in [0.2, 0.25) is 0 Å². The van der Waals surface area contributed by atoms with Gasteiger partial charge < -0.3 is 18.8 Å². The van der Waals surface area contributed by atoms with Gasteiger partial charge in [0.05, 0.1) is 18.9 Å². The molecule has 0 saturated carbocycles. The van der Waals surface area contributed by atoms with E-state index in [1.54, 1.807) is 12.1 Å². The maximum Gasteiger partial charge on any atom is 0.271 e. The van der Waals surface area contributed by atoms with Crippen LogP contribution in [-0.4, -0.2) is 35.7 Å². The molecule has 0 radical (unpaired) electrons. The van der Waals surface area contributed by atoms with E-state index in [0.29, 0.717) is 41.9 Å². The number of benzene rings is 1. The summed E-state index contributed by atoms with van der Waals surface area (Å²) < 4.78 is 29.5. The van der Waals surface area contributed by atoms with E-state index >= 15 is 0 Å². The highest BCUT2D eigenvalue weighted by atomic mass is 19.1. The highest BCUT2D eigenvalue weighted by Crippen LogP contribution is 2.28. The van der Waals surface area contributed by atoms with Gasteiger partial charge in [0.25, 0.3) is 5.89 Å². The zero-order valence-electron chi connectivity index (χ0n) is 13.6. The first-order valence-electron chi connectivity index (χ1n) is 8.24. The maximum atomic E-state index is 13.3. The normalized spacial score (nSPS) is 22.8. The fourth-order valence-corrected chi connectivity index (χ4v) is 2.84. The Hall–Kier alpha value is -2.32. The molecular weight excluding hydrogens is 329 g/mol. The molecule has 4 rings (SSSR count). The van der Waals surface area contributed by atoms with Crippen LogP contribution >= 0.6 is 0 Å². The average Bonchev–Trinajstić information content (AvgIpc) is 3.36. The maximum absolute atomic E-state index is 13.3. The molecule has 3 heterocycles. The van der Waals surface area contributed by atoms with Gasteiger partial charge >= 0.3 is 0 Å². The van der Waals surface area contributed by atoms with Crippen LogP contribution in [0, 0.1) is 11.7 Å². The van der Waals surface area contributed by atoms with Gasteiger partial charge in [-0.1, -0.05) is 22.4 Å². The molecule has 2 atom stereocenters. The summed E-state index contributed by atoms with van der Waals surface area (Å²) in [6, 6.07) is 6.23. The van der Waals surface area contributed by atoms with Crippen molar-refractivity contribution in [3.63, 3.8) is 0 Å². The molecule has 8 heteroatoms. The smallest absolute Gasteiger partial charge is 0.271 e. The van der Waals surface area contributed by atoms with Gasteiger partial charge in [0, 0.05) is 24.5 Å². The minimum absolute atomic E-state index is 0.282. The fourth-order valence-electron chi connectivity index (χ4n) is 2.84. The molecule has 1 fully saturated rings. The molecule has 0 bridgehead atoms. The summed E-state index contributed by atoms with van der Waals surface area (Å²) in [6.45, 7) is 2.45. The number of hydrogen-bond donors (Lipinski definition) is 0. The van der Waals surface area contributed by atoms with Crippen LogP contribution in [0.3, 0.4) is 0 Å². The van der Waals surface area contributed by atoms with Crippen molar-refractivity contribution in [3.05, 3.63) is 47.4 Å². The second-order valence-electron chi connectivity index (χ2n) is 6.14. The van der Waals surface area contributed by atoms with Crippen molar-refractivity contribution >= 4 is 5.71 Å². The zero-order chi connectivity index (χ0) is 17.1. The summed E-state index contributed by atoms with van der Waals surface area (Å²) in [4.78, 5) is 9.65. The Morgan fingerprint density at radius 3 is 3.12 bits per heavy atom. The number of oxime groups is 1. The Kier molecular flexibility index (Phi) is 4.71. The molecule has 132 valence electrons. The molecule has 1 aromatic heterocycles. The van der Waals surface area contributed by atoms with Gasteiger partial charge in [-0.3, -0.25) is 0 Å². The lowest BCUT2D eigenvalue weighted by atomic mass is 10.1. The van der Waals surface area contributed by atoms with Crippen LogP contribution in [0.1, 0.15) is 36.2 Å². The van der Waals surface area contributed by atoms with Crippen molar-refractivity contribution in [1.29, 1.82) is 0 Å². The first-order valence-corrected chi connectivity index (χ1v) is 8.24. The lowest BCUT2D eigenvalue weighted by Gasteiger charge is -2.06. The van der Waals surface area contributed by atoms with E-state index in [1.165, 1.54) is 12.1 Å². The first kappa shape index (κ1) is 16.2. The van der Waals surface area contributed by atoms with E-state index in [9.17, 15) is 4.39 Å². The number of halogens is 1. The molecule has 0 amide bonds. The Morgan fingerprint density at radius 2 is 2.28 bits per heavy atom. The van der Waals surface area contributed by atoms with Crippen LogP contribution in [0.5, 0.6) is 0 Å². The second kappa shape index (κ2) is 7.28. The molecule has 2 aliphatic heterocycles. The molecule has 7 nitrogen and oxygen atoms in total. The van der Waals surface area contributed by atoms with E-state index in [0.717, 1.165) is 19.6 Å². The first-order chi connectivity index (χ1) is 12.3. The van der Waals surface area contributed by atoms with Crippen LogP contribution in [-0.2, 0) is 20.9 Å². The fraction of sp³-hybridized carbons (Fsp3) is 0.471. The highest BCUT2D eigenvalue weighted by Gasteiger charge is 2.29. The quantitative estimate of drug-likeness (QED) is 0.799. The summed E-state index contributed by atoms with van der Waals surface area (Å²) >= 11 is 0. The molecule has 0 spiro atoms. The van der Waals surface area contributed by atoms with Gasteiger partial charge in [-0.25, -0.2) is 4.39 Å². The number of aromatic nitrogens is 2. The number of ether oxygens (including phenoxy) is 2. The predicted octanol–water partition coefficient (Wildman–Crippen LogP) is 2.63. The summed E-state index contributed by atoms with van der Waals surface area (Å²) in [6.07, 6.45) is 1.02.